The fourth-order valence-corrected chi connectivity index (χ4v) is 2.54. The molecule has 1 aromatic rings. The number of nitrogens with two attached hydrogens (primary N) is 1. The van der Waals surface area contributed by atoms with Crippen molar-refractivity contribution in [3.63, 3.8) is 0 Å². The van der Waals surface area contributed by atoms with E-state index in [1.807, 2.05) is 37.2 Å². The molecule has 5 heteroatoms. The summed E-state index contributed by atoms with van der Waals surface area (Å²) in [5.74, 6) is 0.0429. The van der Waals surface area contributed by atoms with E-state index in [-0.39, 0.29) is 11.3 Å². The van der Waals surface area contributed by atoms with Gasteiger partial charge in [-0.05, 0) is 43.0 Å². The van der Waals surface area contributed by atoms with Gasteiger partial charge in [-0.1, -0.05) is 29.8 Å². The maximum absolute atomic E-state index is 12.2. The second-order valence-electron chi connectivity index (χ2n) is 6.31. The van der Waals surface area contributed by atoms with E-state index in [0.29, 0.717) is 13.0 Å². The molecule has 0 aliphatic heterocycles. The third-order valence-corrected chi connectivity index (χ3v) is 4.06. The van der Waals surface area contributed by atoms with Crippen molar-refractivity contribution in [2.75, 3.05) is 30.9 Å². The number of carbonyl (C=O) groups is 1. The molecule has 21 heavy (non-hydrogen) atoms. The van der Waals surface area contributed by atoms with E-state index in [2.05, 4.69) is 35.1 Å². The van der Waals surface area contributed by atoms with Crippen LogP contribution < -0.4 is 16.0 Å². The first-order chi connectivity index (χ1) is 9.75. The van der Waals surface area contributed by atoms with Crippen molar-refractivity contribution in [1.29, 1.82) is 0 Å². The Balaban J connectivity index is 2.69. The van der Waals surface area contributed by atoms with Crippen LogP contribution in [0.15, 0.2) is 22.7 Å². The van der Waals surface area contributed by atoms with Crippen molar-refractivity contribution >= 4 is 33.2 Å². The first-order valence-corrected chi connectivity index (χ1v) is 8.01. The van der Waals surface area contributed by atoms with Crippen LogP contribution in [0.5, 0.6) is 0 Å². The summed E-state index contributed by atoms with van der Waals surface area (Å²) < 4.78 is 0.951. The molecule has 118 valence electrons. The lowest BCUT2D eigenvalue weighted by atomic mass is 9.84. The van der Waals surface area contributed by atoms with Gasteiger partial charge in [0, 0.05) is 25.0 Å². The number of amides is 1. The molecular formula is C16H26BrN3O. The Labute approximate surface area is 136 Å². The van der Waals surface area contributed by atoms with E-state index in [9.17, 15) is 4.79 Å². The molecule has 0 spiro atoms. The highest BCUT2D eigenvalue weighted by atomic mass is 79.9. The smallest absolute Gasteiger partial charge is 0.224 e. The Hall–Kier alpha value is -1.07. The molecule has 3 N–H and O–H groups in total. The Kier molecular flexibility index (Phi) is 6.68. The molecule has 0 aromatic heterocycles. The normalized spacial score (nSPS) is 11.3. The Morgan fingerprint density at radius 1 is 1.33 bits per heavy atom. The molecule has 4 nitrogen and oxygen atoms in total. The van der Waals surface area contributed by atoms with Gasteiger partial charge in [0.15, 0.2) is 0 Å². The van der Waals surface area contributed by atoms with Gasteiger partial charge in [-0.2, -0.15) is 0 Å². The molecular weight excluding hydrogens is 330 g/mol. The van der Waals surface area contributed by atoms with Crippen molar-refractivity contribution in [2.24, 2.45) is 11.1 Å². The van der Waals surface area contributed by atoms with Gasteiger partial charge in [0.25, 0.3) is 0 Å². The molecule has 0 bridgehead atoms. The van der Waals surface area contributed by atoms with Crippen LogP contribution in [0.4, 0.5) is 11.4 Å². The van der Waals surface area contributed by atoms with Crippen LogP contribution >= 0.6 is 15.9 Å². The van der Waals surface area contributed by atoms with Crippen LogP contribution in [0.3, 0.4) is 0 Å². The van der Waals surface area contributed by atoms with Crippen molar-refractivity contribution < 1.29 is 4.79 Å². The second kappa shape index (κ2) is 7.80. The van der Waals surface area contributed by atoms with Crippen LogP contribution in [0.1, 0.15) is 33.1 Å². The summed E-state index contributed by atoms with van der Waals surface area (Å²) in [4.78, 5) is 14.2. The average Bonchev–Trinajstić information content (AvgIpc) is 2.36. The summed E-state index contributed by atoms with van der Waals surface area (Å²) in [6, 6.07) is 5.88. The Morgan fingerprint density at radius 3 is 2.57 bits per heavy atom. The average molecular weight is 356 g/mol. The van der Waals surface area contributed by atoms with Crippen LogP contribution in [0.25, 0.3) is 0 Å². The highest BCUT2D eigenvalue weighted by Gasteiger charge is 2.19. The molecule has 0 radical (unpaired) electrons. The predicted octanol–water partition coefficient (Wildman–Crippen LogP) is 3.61. The maximum Gasteiger partial charge on any atom is 0.224 e. The maximum atomic E-state index is 12.2. The van der Waals surface area contributed by atoms with Gasteiger partial charge in [-0.3, -0.25) is 4.79 Å². The lowest BCUT2D eigenvalue weighted by Crippen LogP contribution is -2.21. The molecule has 0 heterocycles. The molecule has 0 aliphatic carbocycles. The first-order valence-electron chi connectivity index (χ1n) is 7.22. The molecule has 0 saturated carbocycles. The standard InChI is InChI=1S/C16H26BrN3O/c1-16(2,9-10-18)8-7-15(21)19-13-11-12(17)5-6-14(13)20(3)4/h5-6,11H,7-10,18H2,1-4H3,(H,19,21). The summed E-state index contributed by atoms with van der Waals surface area (Å²) in [6.07, 6.45) is 2.27. The minimum Gasteiger partial charge on any atom is -0.376 e. The zero-order valence-corrected chi connectivity index (χ0v) is 15.0. The highest BCUT2D eigenvalue weighted by molar-refractivity contribution is 9.10. The number of nitrogens with one attached hydrogen (secondary N) is 1. The largest absolute Gasteiger partial charge is 0.376 e. The van der Waals surface area contributed by atoms with Gasteiger partial charge >= 0.3 is 0 Å². The zero-order valence-electron chi connectivity index (χ0n) is 13.4. The number of rotatable bonds is 7. The minimum absolute atomic E-state index is 0.0429. The fourth-order valence-electron chi connectivity index (χ4n) is 2.18. The number of anilines is 2. The third-order valence-electron chi connectivity index (χ3n) is 3.56. The number of hydrogen-bond acceptors (Lipinski definition) is 3. The van der Waals surface area contributed by atoms with Crippen LogP contribution in [-0.4, -0.2) is 26.5 Å². The number of hydrogen-bond donors (Lipinski definition) is 2. The molecule has 0 fully saturated rings. The topological polar surface area (TPSA) is 58.4 Å². The van der Waals surface area contributed by atoms with Crippen molar-refractivity contribution in [3.8, 4) is 0 Å². The quantitative estimate of drug-likeness (QED) is 0.785. The van der Waals surface area contributed by atoms with Gasteiger partial charge in [0.05, 0.1) is 11.4 Å². The number of carbonyl (C=O) groups excluding carboxylic acids is 1. The third kappa shape index (κ3) is 6.06. The van der Waals surface area contributed by atoms with Crippen LogP contribution in [-0.2, 0) is 4.79 Å². The lowest BCUT2D eigenvalue weighted by Gasteiger charge is -2.24. The van der Waals surface area contributed by atoms with Gasteiger partial charge in [0.1, 0.15) is 0 Å². The van der Waals surface area contributed by atoms with Gasteiger partial charge in [0.2, 0.25) is 5.91 Å². The lowest BCUT2D eigenvalue weighted by molar-refractivity contribution is -0.116. The summed E-state index contributed by atoms with van der Waals surface area (Å²) in [7, 11) is 3.92. The Bertz CT molecular complexity index is 486. The summed E-state index contributed by atoms with van der Waals surface area (Å²) in [5.41, 5.74) is 7.53. The van der Waals surface area contributed by atoms with Crippen LogP contribution in [0, 0.1) is 5.41 Å². The summed E-state index contributed by atoms with van der Waals surface area (Å²) in [5, 5.41) is 3.01. The predicted molar refractivity (Wildman–Crippen MR) is 93.8 cm³/mol. The van der Waals surface area contributed by atoms with Crippen molar-refractivity contribution in [3.05, 3.63) is 22.7 Å². The molecule has 0 saturated heterocycles. The second-order valence-corrected chi connectivity index (χ2v) is 7.22. The first kappa shape index (κ1) is 18.0. The van der Waals surface area contributed by atoms with E-state index in [1.165, 1.54) is 0 Å². The minimum atomic E-state index is 0.0429. The van der Waals surface area contributed by atoms with Crippen molar-refractivity contribution in [1.82, 2.24) is 0 Å². The molecule has 1 rings (SSSR count). The van der Waals surface area contributed by atoms with Crippen molar-refractivity contribution in [2.45, 2.75) is 33.1 Å². The fraction of sp³-hybridized carbons (Fsp3) is 0.562. The van der Waals surface area contributed by atoms with Gasteiger partial charge in [-0.15, -0.1) is 0 Å². The zero-order chi connectivity index (χ0) is 16.0. The molecule has 1 amide bonds. The highest BCUT2D eigenvalue weighted by Crippen LogP contribution is 2.29. The molecule has 1 aromatic carbocycles. The SMILES string of the molecule is CN(C)c1ccc(Br)cc1NC(=O)CCC(C)(C)CCN. The Morgan fingerprint density at radius 2 is 2.00 bits per heavy atom. The van der Waals surface area contributed by atoms with Gasteiger partial charge < -0.3 is 16.0 Å². The molecule has 0 atom stereocenters. The number of benzene rings is 1. The summed E-state index contributed by atoms with van der Waals surface area (Å²) >= 11 is 3.44. The monoisotopic (exact) mass is 355 g/mol. The van der Waals surface area contributed by atoms with Gasteiger partial charge in [-0.25, -0.2) is 0 Å². The number of nitrogens with zero attached hydrogens (tertiary/aromatic N) is 1. The van der Waals surface area contributed by atoms with E-state index >= 15 is 0 Å². The van der Waals surface area contributed by atoms with Crippen LogP contribution in [0.2, 0.25) is 0 Å². The molecule has 0 unspecified atom stereocenters. The van der Waals surface area contributed by atoms with E-state index in [4.69, 9.17) is 5.73 Å². The number of halogens is 1. The van der Waals surface area contributed by atoms with E-state index in [1.54, 1.807) is 0 Å². The van der Waals surface area contributed by atoms with E-state index < -0.39 is 0 Å². The summed E-state index contributed by atoms with van der Waals surface area (Å²) in [6.45, 7) is 4.96. The molecule has 0 aliphatic rings. The van der Waals surface area contributed by atoms with E-state index in [0.717, 1.165) is 28.7 Å².